The summed E-state index contributed by atoms with van der Waals surface area (Å²) in [5.41, 5.74) is 1.95. The van der Waals surface area contributed by atoms with Crippen molar-refractivity contribution in [3.63, 3.8) is 0 Å². The first-order valence-electron chi connectivity index (χ1n) is 8.27. The number of rotatable bonds is 3. The fourth-order valence-corrected chi connectivity index (χ4v) is 3.04. The Labute approximate surface area is 137 Å². The van der Waals surface area contributed by atoms with Crippen LogP contribution in [0.2, 0.25) is 0 Å². The zero-order chi connectivity index (χ0) is 16.6. The number of benzene rings is 1. The van der Waals surface area contributed by atoms with Crippen LogP contribution in [0.4, 0.5) is 5.69 Å². The summed E-state index contributed by atoms with van der Waals surface area (Å²) in [6.07, 6.45) is 0.0529. The fourth-order valence-electron chi connectivity index (χ4n) is 3.04. The summed E-state index contributed by atoms with van der Waals surface area (Å²) < 4.78 is 17.6. The molecule has 3 atom stereocenters. The molecule has 5 nitrogen and oxygen atoms in total. The number of anilines is 1. The molecule has 0 aliphatic carbocycles. The topological polar surface area (TPSA) is 48.0 Å². The lowest BCUT2D eigenvalue weighted by Crippen LogP contribution is -2.54. The highest BCUT2D eigenvalue weighted by molar-refractivity contribution is 5.96. The summed E-state index contributed by atoms with van der Waals surface area (Å²) in [5, 5.41) is 0. The minimum atomic E-state index is -0.643. The van der Waals surface area contributed by atoms with Crippen molar-refractivity contribution in [1.29, 1.82) is 0 Å². The molecule has 1 saturated heterocycles. The molecule has 2 aliphatic rings. The van der Waals surface area contributed by atoms with E-state index in [2.05, 4.69) is 0 Å². The van der Waals surface area contributed by atoms with E-state index in [9.17, 15) is 4.79 Å². The maximum absolute atomic E-state index is 13.0. The second-order valence-electron chi connectivity index (χ2n) is 6.71. The third kappa shape index (κ3) is 3.13. The zero-order valence-electron chi connectivity index (χ0n) is 14.2. The monoisotopic (exact) mass is 319 g/mol. The van der Waals surface area contributed by atoms with Crippen molar-refractivity contribution < 1.29 is 19.0 Å². The second-order valence-corrected chi connectivity index (χ2v) is 6.71. The van der Waals surface area contributed by atoms with Crippen molar-refractivity contribution in [3.8, 4) is 0 Å². The highest BCUT2D eigenvalue weighted by Crippen LogP contribution is 2.35. The Morgan fingerprint density at radius 1 is 1.39 bits per heavy atom. The number of nitrogens with zero attached hydrogens (tertiary/aromatic N) is 1. The first kappa shape index (κ1) is 16.4. The summed E-state index contributed by atoms with van der Waals surface area (Å²) in [6, 6.07) is 7.89. The number of amides is 1. The van der Waals surface area contributed by atoms with Gasteiger partial charge >= 0.3 is 0 Å². The predicted molar refractivity (Wildman–Crippen MR) is 86.9 cm³/mol. The van der Waals surface area contributed by atoms with Crippen LogP contribution in [0.3, 0.4) is 0 Å². The molecule has 0 aromatic heterocycles. The smallest absolute Gasteiger partial charge is 0.232 e. The molecule has 0 radical (unpaired) electrons. The minimum Gasteiger partial charge on any atom is -0.350 e. The zero-order valence-corrected chi connectivity index (χ0v) is 14.2. The van der Waals surface area contributed by atoms with Crippen molar-refractivity contribution in [2.24, 2.45) is 5.92 Å². The van der Waals surface area contributed by atoms with Gasteiger partial charge in [0.15, 0.2) is 12.0 Å². The predicted octanol–water partition coefficient (Wildman–Crippen LogP) is 3.07. The lowest BCUT2D eigenvalue weighted by molar-refractivity contribution is -0.162. The maximum Gasteiger partial charge on any atom is 0.232 e. The molecule has 0 spiro atoms. The normalized spacial score (nSPS) is 27.6. The van der Waals surface area contributed by atoms with Gasteiger partial charge < -0.3 is 14.2 Å². The van der Waals surface area contributed by atoms with E-state index < -0.39 is 12.0 Å². The lowest BCUT2D eigenvalue weighted by atomic mass is 10.0. The molecule has 0 N–H and O–H groups in total. The quantitative estimate of drug-likeness (QED) is 0.859. The molecule has 0 unspecified atom stereocenters. The number of carbonyl (C=O) groups is 1. The maximum atomic E-state index is 13.0. The van der Waals surface area contributed by atoms with E-state index in [1.807, 2.05) is 52.0 Å². The Morgan fingerprint density at radius 2 is 2.13 bits per heavy atom. The molecule has 23 heavy (non-hydrogen) atoms. The Kier molecular flexibility index (Phi) is 4.45. The molecule has 5 heteroatoms. The van der Waals surface area contributed by atoms with Crippen molar-refractivity contribution in [3.05, 3.63) is 29.8 Å². The van der Waals surface area contributed by atoms with E-state index in [0.29, 0.717) is 13.2 Å². The van der Waals surface area contributed by atoms with Gasteiger partial charge in [-0.1, -0.05) is 32.0 Å². The number of carbonyl (C=O) groups excluding carboxylic acids is 1. The number of para-hydroxylation sites is 1. The van der Waals surface area contributed by atoms with Gasteiger partial charge in [-0.05, 0) is 26.3 Å². The molecule has 1 amide bonds. The lowest BCUT2D eigenvalue weighted by Gasteiger charge is -2.40. The van der Waals surface area contributed by atoms with Crippen LogP contribution in [0.25, 0.3) is 0 Å². The van der Waals surface area contributed by atoms with Gasteiger partial charge in [-0.15, -0.1) is 0 Å². The van der Waals surface area contributed by atoms with Gasteiger partial charge in [0.05, 0.1) is 18.9 Å². The molecular formula is C18H25NO4. The van der Waals surface area contributed by atoms with Gasteiger partial charge in [-0.2, -0.15) is 0 Å². The van der Waals surface area contributed by atoms with Gasteiger partial charge in [0, 0.05) is 11.5 Å². The highest BCUT2D eigenvalue weighted by atomic mass is 16.8. The number of fused-ring (bicyclic) bond motifs is 1. The average molecular weight is 319 g/mol. The fraction of sp³-hybridized carbons (Fsp3) is 0.611. The van der Waals surface area contributed by atoms with Gasteiger partial charge in [0.1, 0.15) is 6.10 Å². The number of hydrogen-bond acceptors (Lipinski definition) is 4. The summed E-state index contributed by atoms with van der Waals surface area (Å²) in [7, 11) is 0. The van der Waals surface area contributed by atoms with E-state index in [1.165, 1.54) is 0 Å². The molecule has 0 saturated carbocycles. The van der Waals surface area contributed by atoms with E-state index in [0.717, 1.165) is 17.7 Å². The Morgan fingerprint density at radius 3 is 2.78 bits per heavy atom. The SMILES string of the molecule is CC[C@H](C)C(=O)N1c2ccccc2CO[C@@H]1[C@H]1COC(C)(C)O1. The molecule has 1 fully saturated rings. The summed E-state index contributed by atoms with van der Waals surface area (Å²) >= 11 is 0. The molecule has 126 valence electrons. The third-order valence-corrected chi connectivity index (χ3v) is 4.54. The van der Waals surface area contributed by atoms with Crippen LogP contribution < -0.4 is 4.90 Å². The van der Waals surface area contributed by atoms with Gasteiger partial charge in [0.2, 0.25) is 5.91 Å². The molecule has 1 aromatic carbocycles. The molecular weight excluding hydrogens is 294 g/mol. The van der Waals surface area contributed by atoms with Crippen LogP contribution in [0, 0.1) is 5.92 Å². The van der Waals surface area contributed by atoms with Crippen LogP contribution in [0.5, 0.6) is 0 Å². The first-order valence-corrected chi connectivity index (χ1v) is 8.27. The van der Waals surface area contributed by atoms with Crippen molar-refractivity contribution >= 4 is 11.6 Å². The standard InChI is InChI=1S/C18H25NO4/c1-5-12(2)16(20)19-14-9-7-6-8-13(14)10-21-17(19)15-11-22-18(3,4)23-15/h6-9,12,15,17H,5,10-11H2,1-4H3/t12-,15+,17+/m0/s1. The van der Waals surface area contributed by atoms with E-state index in [1.54, 1.807) is 4.90 Å². The summed E-state index contributed by atoms with van der Waals surface area (Å²) in [5.74, 6) is -0.642. The van der Waals surface area contributed by atoms with E-state index >= 15 is 0 Å². The van der Waals surface area contributed by atoms with Crippen LogP contribution in [0.1, 0.15) is 39.7 Å². The van der Waals surface area contributed by atoms with E-state index in [-0.39, 0.29) is 17.9 Å². The summed E-state index contributed by atoms with van der Waals surface area (Å²) in [6.45, 7) is 8.63. The largest absolute Gasteiger partial charge is 0.350 e. The van der Waals surface area contributed by atoms with Gasteiger partial charge in [-0.3, -0.25) is 9.69 Å². The van der Waals surface area contributed by atoms with Crippen molar-refractivity contribution in [1.82, 2.24) is 0 Å². The molecule has 2 heterocycles. The first-order chi connectivity index (χ1) is 10.9. The Balaban J connectivity index is 1.94. The van der Waals surface area contributed by atoms with Gasteiger partial charge in [0.25, 0.3) is 0 Å². The molecule has 3 rings (SSSR count). The van der Waals surface area contributed by atoms with Crippen LogP contribution in [-0.2, 0) is 25.6 Å². The minimum absolute atomic E-state index is 0.0670. The van der Waals surface area contributed by atoms with E-state index in [4.69, 9.17) is 14.2 Å². The number of hydrogen-bond donors (Lipinski definition) is 0. The van der Waals surface area contributed by atoms with Crippen LogP contribution in [-0.4, -0.2) is 30.6 Å². The second kappa shape index (κ2) is 6.23. The van der Waals surface area contributed by atoms with Crippen LogP contribution >= 0.6 is 0 Å². The molecule has 2 aliphatic heterocycles. The third-order valence-electron chi connectivity index (χ3n) is 4.54. The average Bonchev–Trinajstić information content (AvgIpc) is 2.92. The Bertz CT molecular complexity index is 586. The Hall–Kier alpha value is -1.43. The van der Waals surface area contributed by atoms with Crippen molar-refractivity contribution in [2.75, 3.05) is 11.5 Å². The molecule has 1 aromatic rings. The van der Waals surface area contributed by atoms with Crippen LogP contribution in [0.15, 0.2) is 24.3 Å². The summed E-state index contributed by atoms with van der Waals surface area (Å²) in [4.78, 5) is 14.7. The molecule has 0 bridgehead atoms. The van der Waals surface area contributed by atoms with Gasteiger partial charge in [-0.25, -0.2) is 0 Å². The highest BCUT2D eigenvalue weighted by Gasteiger charge is 2.44. The number of ether oxygens (including phenoxy) is 3. The van der Waals surface area contributed by atoms with Crippen molar-refractivity contribution in [2.45, 2.75) is 58.8 Å².